The van der Waals surface area contributed by atoms with Gasteiger partial charge in [-0.05, 0) is 25.5 Å². The Kier molecular flexibility index (Phi) is 3.86. The number of hydrogen-bond acceptors (Lipinski definition) is 3. The molecule has 0 saturated heterocycles. The normalized spacial score (nSPS) is 12.8. The van der Waals surface area contributed by atoms with Gasteiger partial charge in [-0.15, -0.1) is 0 Å². The second-order valence-corrected chi connectivity index (χ2v) is 3.23. The highest BCUT2D eigenvalue weighted by atomic mass is 16.3. The van der Waals surface area contributed by atoms with Gasteiger partial charge in [-0.1, -0.05) is 6.07 Å². The van der Waals surface area contributed by atoms with Crippen LogP contribution in [0.2, 0.25) is 0 Å². The Morgan fingerprint density at radius 1 is 1.62 bits per heavy atom. The molecule has 3 nitrogen and oxygen atoms in total. The number of nitrogens with zero attached hydrogens (tertiary/aromatic N) is 1. The molecule has 1 aromatic heterocycles. The molecule has 0 aliphatic heterocycles. The summed E-state index contributed by atoms with van der Waals surface area (Å²) in [6, 6.07) is 3.96. The van der Waals surface area contributed by atoms with E-state index in [1.54, 1.807) is 13.1 Å². The van der Waals surface area contributed by atoms with Crippen LogP contribution in [-0.2, 0) is 6.54 Å². The number of aromatic nitrogens is 1. The van der Waals surface area contributed by atoms with Crippen molar-refractivity contribution in [2.75, 3.05) is 6.54 Å². The lowest BCUT2D eigenvalue weighted by Gasteiger charge is -2.08. The zero-order valence-corrected chi connectivity index (χ0v) is 8.12. The third kappa shape index (κ3) is 3.53. The van der Waals surface area contributed by atoms with Gasteiger partial charge in [0.05, 0.1) is 6.10 Å². The topological polar surface area (TPSA) is 45.2 Å². The van der Waals surface area contributed by atoms with E-state index in [9.17, 15) is 0 Å². The molecule has 0 fully saturated rings. The van der Waals surface area contributed by atoms with Gasteiger partial charge in [0.1, 0.15) is 0 Å². The van der Waals surface area contributed by atoms with Crippen molar-refractivity contribution in [2.45, 2.75) is 26.5 Å². The monoisotopic (exact) mass is 180 g/mol. The molecule has 1 aromatic rings. The summed E-state index contributed by atoms with van der Waals surface area (Å²) in [5, 5.41) is 12.2. The van der Waals surface area contributed by atoms with Crippen molar-refractivity contribution < 1.29 is 5.11 Å². The van der Waals surface area contributed by atoms with Crippen molar-refractivity contribution >= 4 is 0 Å². The Morgan fingerprint density at radius 2 is 2.38 bits per heavy atom. The van der Waals surface area contributed by atoms with Crippen molar-refractivity contribution in [1.82, 2.24) is 10.3 Å². The molecule has 0 aliphatic carbocycles. The molecule has 1 atom stereocenters. The second kappa shape index (κ2) is 4.94. The van der Waals surface area contributed by atoms with E-state index in [1.165, 1.54) is 5.56 Å². The largest absolute Gasteiger partial charge is 0.392 e. The summed E-state index contributed by atoms with van der Waals surface area (Å²) in [6.45, 7) is 5.14. The first kappa shape index (κ1) is 10.2. The molecule has 0 unspecified atom stereocenters. The van der Waals surface area contributed by atoms with E-state index in [-0.39, 0.29) is 6.10 Å². The van der Waals surface area contributed by atoms with Crippen molar-refractivity contribution in [3.8, 4) is 0 Å². The lowest BCUT2D eigenvalue weighted by atomic mass is 10.2. The Morgan fingerprint density at radius 3 is 3.00 bits per heavy atom. The summed E-state index contributed by atoms with van der Waals surface area (Å²) in [5.41, 5.74) is 2.23. The summed E-state index contributed by atoms with van der Waals surface area (Å²) in [6.07, 6.45) is 1.49. The number of aliphatic hydroxyl groups excluding tert-OH is 1. The number of rotatable bonds is 4. The average molecular weight is 180 g/mol. The van der Waals surface area contributed by atoms with Crippen molar-refractivity contribution in [2.24, 2.45) is 0 Å². The molecular weight excluding hydrogens is 164 g/mol. The minimum atomic E-state index is -0.294. The van der Waals surface area contributed by atoms with Gasteiger partial charge in [0.25, 0.3) is 0 Å². The molecule has 0 radical (unpaired) electrons. The van der Waals surface area contributed by atoms with Crippen LogP contribution in [-0.4, -0.2) is 22.7 Å². The molecule has 1 rings (SSSR count). The first-order valence-electron chi connectivity index (χ1n) is 4.49. The zero-order valence-electron chi connectivity index (χ0n) is 8.12. The van der Waals surface area contributed by atoms with E-state index in [0.29, 0.717) is 6.54 Å². The van der Waals surface area contributed by atoms with Gasteiger partial charge in [0.15, 0.2) is 0 Å². The molecule has 0 amide bonds. The Bertz CT molecular complexity index is 261. The van der Waals surface area contributed by atoms with Gasteiger partial charge in [0, 0.05) is 25.0 Å². The summed E-state index contributed by atoms with van der Waals surface area (Å²) >= 11 is 0. The fourth-order valence-electron chi connectivity index (χ4n) is 1.12. The second-order valence-electron chi connectivity index (χ2n) is 3.23. The molecule has 0 saturated carbocycles. The minimum absolute atomic E-state index is 0.294. The summed E-state index contributed by atoms with van der Waals surface area (Å²) in [7, 11) is 0. The van der Waals surface area contributed by atoms with Crippen LogP contribution in [0.1, 0.15) is 18.2 Å². The third-order valence-corrected chi connectivity index (χ3v) is 1.87. The molecule has 13 heavy (non-hydrogen) atoms. The van der Waals surface area contributed by atoms with Gasteiger partial charge in [-0.2, -0.15) is 0 Å². The van der Waals surface area contributed by atoms with Crippen LogP contribution in [0, 0.1) is 6.92 Å². The highest BCUT2D eigenvalue weighted by Gasteiger charge is 1.98. The Hall–Kier alpha value is -0.930. The summed E-state index contributed by atoms with van der Waals surface area (Å²) in [5.74, 6) is 0. The van der Waals surface area contributed by atoms with Crippen LogP contribution in [0.15, 0.2) is 18.3 Å². The number of hydrogen-bond donors (Lipinski definition) is 2. The maximum absolute atomic E-state index is 9.02. The van der Waals surface area contributed by atoms with Crippen LogP contribution in [0.4, 0.5) is 0 Å². The molecule has 1 heterocycles. The molecule has 0 bridgehead atoms. The van der Waals surface area contributed by atoms with Crippen LogP contribution in [0.5, 0.6) is 0 Å². The zero-order chi connectivity index (χ0) is 9.68. The van der Waals surface area contributed by atoms with E-state index in [2.05, 4.69) is 10.3 Å². The molecule has 0 aliphatic rings. The first-order valence-corrected chi connectivity index (χ1v) is 4.49. The minimum Gasteiger partial charge on any atom is -0.392 e. The van der Waals surface area contributed by atoms with Gasteiger partial charge in [0.2, 0.25) is 0 Å². The lowest BCUT2D eigenvalue weighted by Crippen LogP contribution is -2.24. The van der Waals surface area contributed by atoms with Crippen LogP contribution >= 0.6 is 0 Å². The lowest BCUT2D eigenvalue weighted by molar-refractivity contribution is 0.191. The maximum atomic E-state index is 9.02. The fraction of sp³-hybridized carbons (Fsp3) is 0.500. The van der Waals surface area contributed by atoms with Crippen LogP contribution in [0.3, 0.4) is 0 Å². The van der Waals surface area contributed by atoms with E-state index < -0.39 is 0 Å². The third-order valence-electron chi connectivity index (χ3n) is 1.87. The first-order chi connectivity index (χ1) is 6.20. The van der Waals surface area contributed by atoms with Crippen LogP contribution in [0.25, 0.3) is 0 Å². The molecule has 0 aromatic carbocycles. The van der Waals surface area contributed by atoms with Crippen molar-refractivity contribution in [1.29, 1.82) is 0 Å². The number of aliphatic hydroxyl groups is 1. The molecule has 3 heteroatoms. The van der Waals surface area contributed by atoms with Gasteiger partial charge in [-0.3, -0.25) is 4.98 Å². The Balaban J connectivity index is 2.41. The van der Waals surface area contributed by atoms with E-state index in [4.69, 9.17) is 5.11 Å². The molecule has 72 valence electrons. The van der Waals surface area contributed by atoms with Crippen molar-refractivity contribution in [3.05, 3.63) is 29.6 Å². The summed E-state index contributed by atoms with van der Waals surface area (Å²) < 4.78 is 0. The molecule has 0 spiro atoms. The SMILES string of the molecule is Cc1ncccc1CNC[C@@H](C)O. The standard InChI is InChI=1S/C10H16N2O/c1-8(13)6-11-7-10-4-3-5-12-9(10)2/h3-5,8,11,13H,6-7H2,1-2H3/t8-/m1/s1. The molecule has 2 N–H and O–H groups in total. The van der Waals surface area contributed by atoms with Crippen molar-refractivity contribution in [3.63, 3.8) is 0 Å². The number of pyridine rings is 1. The predicted octanol–water partition coefficient (Wildman–Crippen LogP) is 0.860. The quantitative estimate of drug-likeness (QED) is 0.722. The van der Waals surface area contributed by atoms with Gasteiger partial charge in [-0.25, -0.2) is 0 Å². The number of aryl methyl sites for hydroxylation is 1. The average Bonchev–Trinajstić information content (AvgIpc) is 2.08. The van der Waals surface area contributed by atoms with Gasteiger partial charge >= 0.3 is 0 Å². The highest BCUT2D eigenvalue weighted by molar-refractivity contribution is 5.17. The molecular formula is C10H16N2O. The smallest absolute Gasteiger partial charge is 0.0636 e. The van der Waals surface area contributed by atoms with Crippen LogP contribution < -0.4 is 5.32 Å². The van der Waals surface area contributed by atoms with E-state index in [0.717, 1.165) is 12.2 Å². The van der Waals surface area contributed by atoms with E-state index >= 15 is 0 Å². The summed E-state index contributed by atoms with van der Waals surface area (Å²) in [4.78, 5) is 4.17. The van der Waals surface area contributed by atoms with Gasteiger partial charge < -0.3 is 10.4 Å². The predicted molar refractivity (Wildman–Crippen MR) is 52.4 cm³/mol. The van der Waals surface area contributed by atoms with E-state index in [1.807, 2.05) is 19.1 Å². The highest BCUT2D eigenvalue weighted by Crippen LogP contribution is 2.02. The Labute approximate surface area is 78.8 Å². The maximum Gasteiger partial charge on any atom is 0.0636 e. The number of nitrogens with one attached hydrogen (secondary N) is 1. The fourth-order valence-corrected chi connectivity index (χ4v) is 1.12.